The van der Waals surface area contributed by atoms with Crippen LogP contribution in [0.2, 0.25) is 5.02 Å². The number of hydrogen-bond donors (Lipinski definition) is 1. The molecule has 0 aliphatic carbocycles. The minimum atomic E-state index is 0.755. The minimum Gasteiger partial charge on any atom is -0.383 e. The summed E-state index contributed by atoms with van der Waals surface area (Å²) in [6.07, 6.45) is 1.83. The number of rotatable bonds is 0. The first kappa shape index (κ1) is 7.62. The highest BCUT2D eigenvalue weighted by Crippen LogP contribution is 2.23. The Balaban J connectivity index is 2.53. The van der Waals surface area contributed by atoms with Crippen molar-refractivity contribution in [2.24, 2.45) is 4.99 Å². The molecule has 3 heteroatoms. The lowest BCUT2D eigenvalue weighted by molar-refractivity contribution is 1.04. The van der Waals surface area contributed by atoms with Crippen molar-refractivity contribution >= 4 is 23.5 Å². The number of anilines is 1. The van der Waals surface area contributed by atoms with Crippen LogP contribution in [0.15, 0.2) is 23.2 Å². The van der Waals surface area contributed by atoms with E-state index in [4.69, 9.17) is 11.6 Å². The second-order valence-electron chi connectivity index (χ2n) is 2.66. The van der Waals surface area contributed by atoms with E-state index >= 15 is 0 Å². The molecule has 0 spiro atoms. The van der Waals surface area contributed by atoms with E-state index in [1.54, 1.807) is 0 Å². The lowest BCUT2D eigenvalue weighted by atomic mass is 10.2. The quantitative estimate of drug-likeness (QED) is 0.651. The third-order valence-electron chi connectivity index (χ3n) is 1.83. The van der Waals surface area contributed by atoms with Gasteiger partial charge in [-0.25, -0.2) is 0 Å². The van der Waals surface area contributed by atoms with Gasteiger partial charge in [0, 0.05) is 24.0 Å². The summed E-state index contributed by atoms with van der Waals surface area (Å²) in [6, 6.07) is 5.82. The Morgan fingerprint density at radius 1 is 1.42 bits per heavy atom. The number of benzodiazepines with no additional fused rings is 1. The summed E-state index contributed by atoms with van der Waals surface area (Å²) < 4.78 is 0. The molecule has 1 heterocycles. The van der Waals surface area contributed by atoms with E-state index < -0.39 is 0 Å². The molecule has 12 heavy (non-hydrogen) atoms. The summed E-state index contributed by atoms with van der Waals surface area (Å²) in [5.41, 5.74) is 2.07. The Kier molecular flexibility index (Phi) is 2.00. The predicted molar refractivity (Wildman–Crippen MR) is 52.4 cm³/mol. The van der Waals surface area contributed by atoms with Gasteiger partial charge >= 0.3 is 0 Å². The molecule has 0 atom stereocenters. The Morgan fingerprint density at radius 2 is 2.33 bits per heavy atom. The van der Waals surface area contributed by atoms with Gasteiger partial charge in [-0.1, -0.05) is 17.7 Å². The number of hydrogen-bond acceptors (Lipinski definition) is 2. The molecule has 0 radical (unpaired) electrons. The number of benzene rings is 1. The van der Waals surface area contributed by atoms with Crippen LogP contribution in [0.5, 0.6) is 0 Å². The maximum absolute atomic E-state index is 5.98. The molecule has 0 saturated carbocycles. The van der Waals surface area contributed by atoms with Crippen LogP contribution in [0.1, 0.15) is 5.56 Å². The monoisotopic (exact) mass is 180 g/mol. The summed E-state index contributed by atoms with van der Waals surface area (Å²) in [5, 5.41) is 4.01. The lowest BCUT2D eigenvalue weighted by Gasteiger charge is -2.05. The van der Waals surface area contributed by atoms with Gasteiger partial charge in [-0.3, -0.25) is 4.99 Å². The molecule has 1 aromatic carbocycles. The smallest absolute Gasteiger partial charge is 0.0562 e. The van der Waals surface area contributed by atoms with Crippen molar-refractivity contribution in [1.29, 1.82) is 0 Å². The SMILES string of the molecule is Clc1cccc2c1C=NCCN2. The van der Waals surface area contributed by atoms with Crippen molar-refractivity contribution in [1.82, 2.24) is 0 Å². The van der Waals surface area contributed by atoms with Crippen LogP contribution in [-0.2, 0) is 0 Å². The van der Waals surface area contributed by atoms with Crippen LogP contribution in [0, 0.1) is 0 Å². The molecular weight excluding hydrogens is 172 g/mol. The maximum atomic E-state index is 5.98. The molecule has 0 saturated heterocycles. The van der Waals surface area contributed by atoms with E-state index in [9.17, 15) is 0 Å². The van der Waals surface area contributed by atoms with Gasteiger partial charge in [0.1, 0.15) is 0 Å². The molecule has 0 amide bonds. The molecule has 0 fully saturated rings. The van der Waals surface area contributed by atoms with Crippen LogP contribution < -0.4 is 5.32 Å². The van der Waals surface area contributed by atoms with Gasteiger partial charge in [0.05, 0.1) is 11.6 Å². The zero-order chi connectivity index (χ0) is 8.39. The average molecular weight is 181 g/mol. The van der Waals surface area contributed by atoms with Gasteiger partial charge in [0.25, 0.3) is 0 Å². The zero-order valence-electron chi connectivity index (χ0n) is 6.55. The van der Waals surface area contributed by atoms with Crippen LogP contribution in [-0.4, -0.2) is 19.3 Å². The number of fused-ring (bicyclic) bond motifs is 1. The number of nitrogens with zero attached hydrogens (tertiary/aromatic N) is 1. The number of aliphatic imine (C=N–C) groups is 1. The summed E-state index contributed by atoms with van der Waals surface area (Å²) in [6.45, 7) is 1.69. The Morgan fingerprint density at radius 3 is 3.25 bits per heavy atom. The van der Waals surface area contributed by atoms with E-state index in [2.05, 4.69) is 10.3 Å². The van der Waals surface area contributed by atoms with Crippen molar-refractivity contribution < 1.29 is 0 Å². The lowest BCUT2D eigenvalue weighted by Crippen LogP contribution is -2.03. The largest absolute Gasteiger partial charge is 0.383 e. The summed E-state index contributed by atoms with van der Waals surface area (Å²) >= 11 is 5.98. The fourth-order valence-corrected chi connectivity index (χ4v) is 1.46. The maximum Gasteiger partial charge on any atom is 0.0562 e. The van der Waals surface area contributed by atoms with Crippen molar-refractivity contribution in [3.63, 3.8) is 0 Å². The molecule has 1 aromatic rings. The van der Waals surface area contributed by atoms with Crippen LogP contribution >= 0.6 is 11.6 Å². The van der Waals surface area contributed by atoms with Crippen molar-refractivity contribution in [3.8, 4) is 0 Å². The summed E-state index contributed by atoms with van der Waals surface area (Å²) in [5.74, 6) is 0. The molecule has 0 unspecified atom stereocenters. The second kappa shape index (κ2) is 3.15. The van der Waals surface area contributed by atoms with E-state index in [0.29, 0.717) is 0 Å². The highest BCUT2D eigenvalue weighted by Gasteiger charge is 2.05. The molecule has 0 bridgehead atoms. The zero-order valence-corrected chi connectivity index (χ0v) is 7.30. The van der Waals surface area contributed by atoms with E-state index in [0.717, 1.165) is 29.4 Å². The average Bonchev–Trinajstić information content (AvgIpc) is 2.30. The molecule has 62 valence electrons. The van der Waals surface area contributed by atoms with Gasteiger partial charge < -0.3 is 5.32 Å². The normalized spacial score (nSPS) is 14.8. The van der Waals surface area contributed by atoms with Crippen molar-refractivity contribution in [2.75, 3.05) is 18.4 Å². The van der Waals surface area contributed by atoms with Gasteiger partial charge in [-0.2, -0.15) is 0 Å². The predicted octanol–water partition coefficient (Wildman–Crippen LogP) is 2.18. The molecule has 0 aromatic heterocycles. The molecular formula is C9H9ClN2. The topological polar surface area (TPSA) is 24.4 Å². The number of nitrogens with one attached hydrogen (secondary N) is 1. The van der Waals surface area contributed by atoms with Crippen LogP contribution in [0.4, 0.5) is 5.69 Å². The number of halogens is 1. The molecule has 1 aliphatic heterocycles. The first-order valence-corrected chi connectivity index (χ1v) is 4.28. The van der Waals surface area contributed by atoms with E-state index in [-0.39, 0.29) is 0 Å². The first-order chi connectivity index (χ1) is 5.88. The summed E-state index contributed by atoms with van der Waals surface area (Å²) in [7, 11) is 0. The highest BCUT2D eigenvalue weighted by atomic mass is 35.5. The fraction of sp³-hybridized carbons (Fsp3) is 0.222. The van der Waals surface area contributed by atoms with Crippen molar-refractivity contribution in [2.45, 2.75) is 0 Å². The third-order valence-corrected chi connectivity index (χ3v) is 2.16. The molecule has 2 nitrogen and oxygen atoms in total. The fourth-order valence-electron chi connectivity index (χ4n) is 1.23. The highest BCUT2D eigenvalue weighted by molar-refractivity contribution is 6.33. The van der Waals surface area contributed by atoms with E-state index in [1.165, 1.54) is 0 Å². The standard InChI is InChI=1S/C9H9ClN2/c10-8-2-1-3-9-7(8)6-11-4-5-12-9/h1-3,6,12H,4-5H2. The van der Waals surface area contributed by atoms with Gasteiger partial charge in [-0.15, -0.1) is 0 Å². The first-order valence-electron chi connectivity index (χ1n) is 3.90. The molecule has 2 rings (SSSR count). The van der Waals surface area contributed by atoms with Crippen LogP contribution in [0.3, 0.4) is 0 Å². The Hall–Kier alpha value is -1.02. The Bertz CT molecular complexity index is 320. The van der Waals surface area contributed by atoms with Crippen LogP contribution in [0.25, 0.3) is 0 Å². The van der Waals surface area contributed by atoms with Crippen molar-refractivity contribution in [3.05, 3.63) is 28.8 Å². The van der Waals surface area contributed by atoms with Gasteiger partial charge in [-0.05, 0) is 12.1 Å². The second-order valence-corrected chi connectivity index (χ2v) is 3.07. The molecule has 1 N–H and O–H groups in total. The summed E-state index contributed by atoms with van der Waals surface area (Å²) in [4.78, 5) is 4.20. The third kappa shape index (κ3) is 1.30. The van der Waals surface area contributed by atoms with E-state index in [1.807, 2.05) is 24.4 Å². The minimum absolute atomic E-state index is 0.755. The Labute approximate surface area is 76.3 Å². The molecule has 1 aliphatic rings. The van der Waals surface area contributed by atoms with Gasteiger partial charge in [0.2, 0.25) is 0 Å². The van der Waals surface area contributed by atoms with Gasteiger partial charge in [0.15, 0.2) is 0 Å².